The molecule has 1 aromatic carbocycles. The van der Waals surface area contributed by atoms with Crippen LogP contribution in [0.3, 0.4) is 0 Å². The molecular weight excluding hydrogens is 482 g/mol. The van der Waals surface area contributed by atoms with E-state index in [2.05, 4.69) is 14.9 Å². The van der Waals surface area contributed by atoms with Crippen molar-refractivity contribution in [3.8, 4) is 16.9 Å². The zero-order valence-corrected chi connectivity index (χ0v) is 21.0. The SMILES string of the molecule is CC(=O)N1CCc2c(c(N3CCOc4cc(-c5cnn(C)c5)c(C(F)F)cc43)[nH][n+]2C2CCOCC2)C1. The van der Waals surface area contributed by atoms with Gasteiger partial charge in [0, 0.05) is 50.7 Å². The molecule has 1 N–H and O–H groups in total. The molecule has 11 heteroatoms. The van der Waals surface area contributed by atoms with Crippen LogP contribution in [0, 0.1) is 0 Å². The first-order valence-corrected chi connectivity index (χ1v) is 12.7. The molecule has 9 nitrogen and oxygen atoms in total. The largest absolute Gasteiger partial charge is 0.490 e. The van der Waals surface area contributed by atoms with E-state index in [1.54, 1.807) is 43.2 Å². The summed E-state index contributed by atoms with van der Waals surface area (Å²) in [6.45, 7) is 5.05. The number of aromatic amines is 1. The van der Waals surface area contributed by atoms with E-state index in [0.717, 1.165) is 30.6 Å². The molecule has 1 fully saturated rings. The lowest BCUT2D eigenvalue weighted by Gasteiger charge is -2.32. The summed E-state index contributed by atoms with van der Waals surface area (Å²) in [5, 5.41) is 7.78. The maximum absolute atomic E-state index is 14.3. The van der Waals surface area contributed by atoms with Crippen molar-refractivity contribution in [1.82, 2.24) is 19.8 Å². The number of nitrogens with zero attached hydrogens (tertiary/aromatic N) is 5. The van der Waals surface area contributed by atoms with Crippen molar-refractivity contribution in [3.05, 3.63) is 41.3 Å². The van der Waals surface area contributed by atoms with Crippen molar-refractivity contribution in [2.45, 2.75) is 45.2 Å². The average molecular weight is 514 g/mol. The molecule has 196 valence electrons. The van der Waals surface area contributed by atoms with Gasteiger partial charge in [-0.1, -0.05) is 0 Å². The number of hydrogen-bond donors (Lipinski definition) is 1. The zero-order chi connectivity index (χ0) is 25.7. The van der Waals surface area contributed by atoms with Gasteiger partial charge >= 0.3 is 0 Å². The van der Waals surface area contributed by atoms with Gasteiger partial charge in [-0.25, -0.2) is 8.78 Å². The molecular formula is C26H31F2N6O3+. The van der Waals surface area contributed by atoms with Gasteiger partial charge < -0.3 is 19.3 Å². The molecule has 3 aromatic rings. The van der Waals surface area contributed by atoms with Crippen molar-refractivity contribution in [1.29, 1.82) is 0 Å². The predicted octanol–water partition coefficient (Wildman–Crippen LogP) is 3.43. The first kappa shape index (κ1) is 23.9. The Labute approximate surface area is 213 Å². The number of hydrogen-bond acceptors (Lipinski definition) is 5. The third-order valence-electron chi connectivity index (χ3n) is 7.64. The second kappa shape index (κ2) is 9.44. The number of rotatable bonds is 4. The Morgan fingerprint density at radius 2 is 2.03 bits per heavy atom. The number of anilines is 2. The molecule has 6 rings (SSSR count). The highest BCUT2D eigenvalue weighted by molar-refractivity contribution is 5.79. The first-order valence-electron chi connectivity index (χ1n) is 12.7. The fraction of sp³-hybridized carbons (Fsp3) is 0.500. The topological polar surface area (TPSA) is 79.5 Å². The van der Waals surface area contributed by atoms with Gasteiger partial charge in [-0.2, -0.15) is 5.10 Å². The summed E-state index contributed by atoms with van der Waals surface area (Å²) in [6, 6.07) is 3.51. The summed E-state index contributed by atoms with van der Waals surface area (Å²) in [5.41, 5.74) is 3.78. The maximum atomic E-state index is 14.3. The minimum absolute atomic E-state index is 0.0268. The fourth-order valence-corrected chi connectivity index (χ4v) is 5.73. The Balaban J connectivity index is 1.47. The number of aryl methyl sites for hydroxylation is 1. The van der Waals surface area contributed by atoms with E-state index >= 15 is 0 Å². The lowest BCUT2D eigenvalue weighted by atomic mass is 9.99. The van der Waals surface area contributed by atoms with Crippen LogP contribution >= 0.6 is 0 Å². The highest BCUT2D eigenvalue weighted by Gasteiger charge is 2.39. The van der Waals surface area contributed by atoms with Crippen LogP contribution in [-0.2, 0) is 29.5 Å². The molecule has 0 bridgehead atoms. The molecule has 0 radical (unpaired) electrons. The second-order valence-corrected chi connectivity index (χ2v) is 9.90. The lowest BCUT2D eigenvalue weighted by molar-refractivity contribution is -0.782. The van der Waals surface area contributed by atoms with E-state index in [9.17, 15) is 13.6 Å². The fourth-order valence-electron chi connectivity index (χ4n) is 5.73. The molecule has 0 aliphatic carbocycles. The molecule has 1 amide bonds. The van der Waals surface area contributed by atoms with Crippen molar-refractivity contribution < 1.29 is 27.7 Å². The molecule has 0 unspecified atom stereocenters. The number of carbonyl (C=O) groups excluding carboxylic acids is 1. The predicted molar refractivity (Wildman–Crippen MR) is 131 cm³/mol. The normalized spacial score (nSPS) is 18.1. The van der Waals surface area contributed by atoms with Gasteiger partial charge in [-0.15, -0.1) is 9.78 Å². The van der Waals surface area contributed by atoms with E-state index in [4.69, 9.17) is 9.47 Å². The van der Waals surface area contributed by atoms with Crippen LogP contribution in [0.25, 0.3) is 11.1 Å². The number of aromatic nitrogens is 4. The third-order valence-corrected chi connectivity index (χ3v) is 7.64. The maximum Gasteiger partial charge on any atom is 0.264 e. The van der Waals surface area contributed by atoms with Crippen LogP contribution < -0.4 is 14.3 Å². The number of fused-ring (bicyclic) bond motifs is 2. The van der Waals surface area contributed by atoms with E-state index in [1.807, 2.05) is 9.80 Å². The quantitative estimate of drug-likeness (QED) is 0.541. The Bertz CT molecular complexity index is 1330. The smallest absolute Gasteiger partial charge is 0.264 e. The Morgan fingerprint density at radius 3 is 2.73 bits per heavy atom. The first-order chi connectivity index (χ1) is 17.9. The van der Waals surface area contributed by atoms with Crippen molar-refractivity contribution >= 4 is 17.4 Å². The molecule has 3 aliphatic rings. The van der Waals surface area contributed by atoms with Gasteiger partial charge in [0.05, 0.1) is 50.2 Å². The van der Waals surface area contributed by atoms with Crippen LogP contribution in [0.1, 0.15) is 49.1 Å². The summed E-state index contributed by atoms with van der Waals surface area (Å²) in [5.74, 6) is 1.42. The third kappa shape index (κ3) is 4.24. The van der Waals surface area contributed by atoms with E-state index in [0.29, 0.717) is 62.0 Å². The monoisotopic (exact) mass is 513 g/mol. The number of alkyl halides is 2. The minimum atomic E-state index is -2.66. The summed E-state index contributed by atoms with van der Waals surface area (Å²) >= 11 is 0. The number of benzene rings is 1. The van der Waals surface area contributed by atoms with Crippen molar-refractivity contribution in [2.75, 3.05) is 37.8 Å². The van der Waals surface area contributed by atoms with E-state index < -0.39 is 6.43 Å². The van der Waals surface area contributed by atoms with Crippen LogP contribution in [0.2, 0.25) is 0 Å². The highest BCUT2D eigenvalue weighted by Crippen LogP contribution is 2.45. The van der Waals surface area contributed by atoms with Crippen molar-refractivity contribution in [2.24, 2.45) is 7.05 Å². The Kier molecular flexibility index (Phi) is 6.10. The van der Waals surface area contributed by atoms with E-state index in [1.165, 1.54) is 5.69 Å². The Hall–Kier alpha value is -3.47. The number of H-pyrrole nitrogens is 1. The minimum Gasteiger partial charge on any atom is -0.490 e. The Morgan fingerprint density at radius 1 is 1.22 bits per heavy atom. The van der Waals surface area contributed by atoms with Crippen molar-refractivity contribution in [3.63, 3.8) is 0 Å². The highest BCUT2D eigenvalue weighted by atomic mass is 19.3. The zero-order valence-electron chi connectivity index (χ0n) is 21.0. The van der Waals surface area contributed by atoms with Gasteiger partial charge in [-0.3, -0.25) is 9.48 Å². The molecule has 2 aromatic heterocycles. The van der Waals surface area contributed by atoms with Gasteiger partial charge in [0.1, 0.15) is 12.4 Å². The molecule has 5 heterocycles. The molecule has 1 saturated heterocycles. The van der Waals surface area contributed by atoms with Crippen LogP contribution in [0.15, 0.2) is 24.5 Å². The number of nitrogens with one attached hydrogen (secondary N) is 1. The molecule has 3 aliphatic heterocycles. The molecule has 37 heavy (non-hydrogen) atoms. The average Bonchev–Trinajstić information content (AvgIpc) is 3.51. The van der Waals surface area contributed by atoms with Gasteiger partial charge in [0.25, 0.3) is 6.43 Å². The summed E-state index contributed by atoms with van der Waals surface area (Å²) in [6.07, 6.45) is 3.18. The number of halogens is 2. The summed E-state index contributed by atoms with van der Waals surface area (Å²) in [4.78, 5) is 16.1. The van der Waals surface area contributed by atoms with Gasteiger partial charge in [0.2, 0.25) is 11.6 Å². The number of amides is 1. The van der Waals surface area contributed by atoms with Crippen LogP contribution in [0.4, 0.5) is 20.3 Å². The molecule has 0 spiro atoms. The summed E-state index contributed by atoms with van der Waals surface area (Å²) < 4.78 is 44.1. The second-order valence-electron chi connectivity index (χ2n) is 9.90. The van der Waals surface area contributed by atoms with E-state index in [-0.39, 0.29) is 17.5 Å². The molecule has 0 saturated carbocycles. The number of ether oxygens (including phenoxy) is 2. The van der Waals surface area contributed by atoms with Crippen LogP contribution in [0.5, 0.6) is 5.75 Å². The standard InChI is InChI=1S/C26H30F2N6O3/c1-16(35)32-6-3-22-21(15-32)26(30-34(22)18-4-8-36-9-5-18)33-7-10-37-24-12-19(17-13-29-31(2)14-17)20(25(27)28)11-23(24)33/h11-14,18,25H,3-10,15H2,1-2H3/p+1. The number of carbonyl (C=O) groups is 1. The van der Waals surface area contributed by atoms with Gasteiger partial charge in [0.15, 0.2) is 11.9 Å². The molecule has 0 atom stereocenters. The summed E-state index contributed by atoms with van der Waals surface area (Å²) in [7, 11) is 1.76. The van der Waals surface area contributed by atoms with Gasteiger partial charge in [-0.05, 0) is 17.7 Å². The van der Waals surface area contributed by atoms with Crippen LogP contribution in [-0.4, -0.2) is 58.6 Å². The lowest BCUT2D eigenvalue weighted by Crippen LogP contribution is -2.49.